The lowest BCUT2D eigenvalue weighted by atomic mass is 10.3. The highest BCUT2D eigenvalue weighted by Gasteiger charge is 2.48. The smallest absolute Gasteiger partial charge is 0.497 e. The van der Waals surface area contributed by atoms with Crippen molar-refractivity contribution in [3.63, 3.8) is 0 Å². The second kappa shape index (κ2) is 6.56. The van der Waals surface area contributed by atoms with E-state index >= 15 is 0 Å². The molecule has 0 fully saturated rings. The van der Waals surface area contributed by atoms with E-state index in [2.05, 4.69) is 4.18 Å². The van der Waals surface area contributed by atoms with Gasteiger partial charge in [0, 0.05) is 0 Å². The van der Waals surface area contributed by atoms with Crippen LogP contribution in [0, 0.1) is 0 Å². The number of sulfone groups is 1. The molecule has 0 aliphatic carbocycles. The van der Waals surface area contributed by atoms with E-state index in [0.717, 1.165) is 24.3 Å². The lowest BCUT2D eigenvalue weighted by Gasteiger charge is -2.10. The van der Waals surface area contributed by atoms with Gasteiger partial charge < -0.3 is 8.92 Å². The Balaban J connectivity index is 2.29. The third kappa shape index (κ3) is 4.04. The summed E-state index contributed by atoms with van der Waals surface area (Å²) in [6.45, 7) is 0. The molecule has 11 heteroatoms. The number of halogens is 3. The van der Waals surface area contributed by atoms with E-state index in [0.29, 0.717) is 5.75 Å². The fourth-order valence-corrected chi connectivity index (χ4v) is 3.46. The van der Waals surface area contributed by atoms with Crippen LogP contribution in [0.15, 0.2) is 58.3 Å². The Morgan fingerprint density at radius 1 is 0.760 bits per heavy atom. The molecule has 2 rings (SSSR count). The highest BCUT2D eigenvalue weighted by atomic mass is 32.2. The summed E-state index contributed by atoms with van der Waals surface area (Å²) < 4.78 is 92.2. The van der Waals surface area contributed by atoms with Crippen LogP contribution < -0.4 is 8.92 Å². The van der Waals surface area contributed by atoms with Crippen molar-refractivity contribution in [2.75, 3.05) is 7.11 Å². The minimum absolute atomic E-state index is 0.0649. The molecule has 0 aliphatic heterocycles. The van der Waals surface area contributed by atoms with E-state index < -0.39 is 31.2 Å². The van der Waals surface area contributed by atoms with Gasteiger partial charge in [0.25, 0.3) is 0 Å². The monoisotopic (exact) mass is 396 g/mol. The van der Waals surface area contributed by atoms with Crippen LogP contribution in [-0.2, 0) is 20.0 Å². The molecule has 0 aromatic heterocycles. The first-order chi connectivity index (χ1) is 11.5. The molecule has 6 nitrogen and oxygen atoms in total. The predicted octanol–water partition coefficient (Wildman–Crippen LogP) is 2.76. The molecule has 0 bridgehead atoms. The Hall–Kier alpha value is -2.27. The maximum absolute atomic E-state index is 12.4. The Bertz CT molecular complexity index is 947. The van der Waals surface area contributed by atoms with Crippen molar-refractivity contribution in [2.24, 2.45) is 0 Å². The lowest BCUT2D eigenvalue weighted by molar-refractivity contribution is -0.0500. The number of benzene rings is 2. The first-order valence-corrected chi connectivity index (χ1v) is 9.36. The molecule has 0 radical (unpaired) electrons. The van der Waals surface area contributed by atoms with E-state index in [4.69, 9.17) is 4.74 Å². The Kier molecular flexibility index (Phi) is 5.00. The molecule has 0 N–H and O–H groups in total. The molecule has 0 amide bonds. The van der Waals surface area contributed by atoms with Crippen molar-refractivity contribution in [1.82, 2.24) is 0 Å². The van der Waals surface area contributed by atoms with E-state index in [1.165, 1.54) is 31.4 Å². The molecule has 0 aliphatic rings. The molecule has 0 saturated heterocycles. The summed E-state index contributed by atoms with van der Waals surface area (Å²) in [5.74, 6) is -0.217. The highest BCUT2D eigenvalue weighted by Crippen LogP contribution is 2.29. The van der Waals surface area contributed by atoms with Gasteiger partial charge in [-0.3, -0.25) is 0 Å². The molecule has 2 aromatic carbocycles. The van der Waals surface area contributed by atoms with Crippen molar-refractivity contribution < 1.29 is 38.9 Å². The third-order valence-electron chi connectivity index (χ3n) is 2.99. The maximum atomic E-state index is 12.4. The van der Waals surface area contributed by atoms with E-state index in [1.807, 2.05) is 0 Å². The summed E-state index contributed by atoms with van der Waals surface area (Å²) in [4.78, 5) is -0.306. The second-order valence-corrected chi connectivity index (χ2v) is 8.12. The van der Waals surface area contributed by atoms with Gasteiger partial charge in [0.1, 0.15) is 11.5 Å². The fraction of sp³-hybridized carbons (Fsp3) is 0.143. The number of alkyl halides is 3. The largest absolute Gasteiger partial charge is 0.534 e. The standard InChI is InChI=1S/C14H11F3O6S2/c1-22-10-2-6-12(7-3-10)24(18,19)13-8-4-11(5-9-13)23-25(20,21)14(15,16)17/h2-9H,1H3. The van der Waals surface area contributed by atoms with Crippen LogP contribution in [0.3, 0.4) is 0 Å². The summed E-state index contributed by atoms with van der Waals surface area (Å²) in [5.41, 5.74) is -5.58. The first kappa shape index (κ1) is 19.1. The Morgan fingerprint density at radius 3 is 1.52 bits per heavy atom. The zero-order valence-corrected chi connectivity index (χ0v) is 14.2. The number of methoxy groups -OCH3 is 1. The molecule has 0 atom stereocenters. The molecular weight excluding hydrogens is 385 g/mol. The summed E-state index contributed by atoms with van der Waals surface area (Å²) in [7, 11) is -8.34. The van der Waals surface area contributed by atoms with Crippen LogP contribution in [0.4, 0.5) is 13.2 Å². The van der Waals surface area contributed by atoms with Gasteiger partial charge in [0.15, 0.2) is 0 Å². The predicted molar refractivity (Wildman–Crippen MR) is 80.5 cm³/mol. The zero-order valence-electron chi connectivity index (χ0n) is 12.5. The topological polar surface area (TPSA) is 86.7 Å². The number of ether oxygens (including phenoxy) is 1. The molecule has 0 saturated carbocycles. The second-order valence-electron chi connectivity index (χ2n) is 4.63. The van der Waals surface area contributed by atoms with Gasteiger partial charge in [-0.1, -0.05) is 0 Å². The van der Waals surface area contributed by atoms with Crippen molar-refractivity contribution in [3.8, 4) is 11.5 Å². The average Bonchev–Trinajstić information content (AvgIpc) is 2.54. The van der Waals surface area contributed by atoms with Gasteiger partial charge in [-0.2, -0.15) is 21.6 Å². The van der Waals surface area contributed by atoms with Crippen LogP contribution in [0.25, 0.3) is 0 Å². The van der Waals surface area contributed by atoms with Crippen molar-refractivity contribution in [2.45, 2.75) is 15.3 Å². The van der Waals surface area contributed by atoms with Gasteiger partial charge in [-0.25, -0.2) is 8.42 Å². The van der Waals surface area contributed by atoms with Crippen molar-refractivity contribution in [3.05, 3.63) is 48.5 Å². The highest BCUT2D eigenvalue weighted by molar-refractivity contribution is 7.91. The van der Waals surface area contributed by atoms with E-state index in [-0.39, 0.29) is 9.79 Å². The number of rotatable bonds is 5. The van der Waals surface area contributed by atoms with Crippen LogP contribution in [0.5, 0.6) is 11.5 Å². The average molecular weight is 396 g/mol. The van der Waals surface area contributed by atoms with Crippen LogP contribution in [-0.4, -0.2) is 29.5 Å². The molecule has 25 heavy (non-hydrogen) atoms. The van der Waals surface area contributed by atoms with E-state index in [1.54, 1.807) is 0 Å². The Morgan fingerprint density at radius 2 is 1.16 bits per heavy atom. The molecule has 0 spiro atoms. The quantitative estimate of drug-likeness (QED) is 0.571. The fourth-order valence-electron chi connectivity index (χ4n) is 1.74. The summed E-state index contributed by atoms with van der Waals surface area (Å²) in [6.07, 6.45) is 0. The van der Waals surface area contributed by atoms with Gasteiger partial charge in [-0.15, -0.1) is 0 Å². The SMILES string of the molecule is COc1ccc(S(=O)(=O)c2ccc(OS(=O)(=O)C(F)(F)F)cc2)cc1. The summed E-state index contributed by atoms with van der Waals surface area (Å²) in [5, 5.41) is 0. The minimum Gasteiger partial charge on any atom is -0.497 e. The normalized spacial score (nSPS) is 12.6. The third-order valence-corrected chi connectivity index (χ3v) is 5.76. The van der Waals surface area contributed by atoms with Crippen LogP contribution in [0.2, 0.25) is 0 Å². The van der Waals surface area contributed by atoms with Gasteiger partial charge in [0.2, 0.25) is 9.84 Å². The number of hydrogen-bond acceptors (Lipinski definition) is 6. The summed E-state index contributed by atoms with van der Waals surface area (Å²) >= 11 is 0. The maximum Gasteiger partial charge on any atom is 0.534 e. The van der Waals surface area contributed by atoms with Gasteiger partial charge >= 0.3 is 15.6 Å². The Labute approximate surface area is 141 Å². The van der Waals surface area contributed by atoms with E-state index in [9.17, 15) is 30.0 Å². The zero-order chi connectivity index (χ0) is 18.9. The summed E-state index contributed by atoms with van der Waals surface area (Å²) in [6, 6.07) is 8.99. The van der Waals surface area contributed by atoms with Crippen molar-refractivity contribution in [1.29, 1.82) is 0 Å². The van der Waals surface area contributed by atoms with Crippen LogP contribution >= 0.6 is 0 Å². The first-order valence-electron chi connectivity index (χ1n) is 6.47. The van der Waals surface area contributed by atoms with Crippen LogP contribution in [0.1, 0.15) is 0 Å². The molecular formula is C14H11F3O6S2. The number of hydrogen-bond donors (Lipinski definition) is 0. The van der Waals surface area contributed by atoms with Gasteiger partial charge in [-0.05, 0) is 48.5 Å². The molecule has 136 valence electrons. The molecule has 0 heterocycles. The molecule has 2 aromatic rings. The molecule has 0 unspecified atom stereocenters. The van der Waals surface area contributed by atoms with Crippen molar-refractivity contribution >= 4 is 20.0 Å². The minimum atomic E-state index is -5.82. The lowest BCUT2D eigenvalue weighted by Crippen LogP contribution is -2.28. The van der Waals surface area contributed by atoms with Gasteiger partial charge in [0.05, 0.1) is 16.9 Å².